The highest BCUT2D eigenvalue weighted by Crippen LogP contribution is 2.39. The van der Waals surface area contributed by atoms with E-state index in [-0.39, 0.29) is 0 Å². The van der Waals surface area contributed by atoms with Crippen LogP contribution in [0.3, 0.4) is 0 Å². The van der Waals surface area contributed by atoms with E-state index in [2.05, 4.69) is 54.6 Å². The maximum absolute atomic E-state index is 5.65. The summed E-state index contributed by atoms with van der Waals surface area (Å²) in [6.07, 6.45) is 3.24. The van der Waals surface area contributed by atoms with E-state index in [9.17, 15) is 0 Å². The van der Waals surface area contributed by atoms with Crippen molar-refractivity contribution in [1.82, 2.24) is 4.90 Å². The Labute approximate surface area is 157 Å². The van der Waals surface area contributed by atoms with E-state index >= 15 is 0 Å². The Bertz CT molecular complexity index is 606. The van der Waals surface area contributed by atoms with E-state index in [1.54, 1.807) is 14.2 Å². The molecule has 25 heavy (non-hydrogen) atoms. The molecule has 5 heteroatoms. The molecule has 0 spiro atoms. The summed E-state index contributed by atoms with van der Waals surface area (Å²) in [5.74, 6) is 3.09. The average Bonchev–Trinajstić information content (AvgIpc) is 2.67. The van der Waals surface area contributed by atoms with E-state index in [0.717, 1.165) is 36.5 Å². The fraction of sp³-hybridized carbons (Fsp3) is 0.400. The van der Waals surface area contributed by atoms with E-state index in [1.807, 2.05) is 23.9 Å². The maximum Gasteiger partial charge on any atom is 0.126 e. The quantitative estimate of drug-likeness (QED) is 0.592. The van der Waals surface area contributed by atoms with Gasteiger partial charge in [0.1, 0.15) is 11.5 Å². The first kappa shape index (κ1) is 20.1. The van der Waals surface area contributed by atoms with Crippen LogP contribution in [0.2, 0.25) is 0 Å². The molecule has 136 valence electrons. The molecule has 0 amide bonds. The molecule has 0 saturated heterocycles. The van der Waals surface area contributed by atoms with Crippen molar-refractivity contribution in [2.75, 3.05) is 52.5 Å². The van der Waals surface area contributed by atoms with Gasteiger partial charge in [-0.3, -0.25) is 0 Å². The number of benzene rings is 2. The van der Waals surface area contributed by atoms with Crippen LogP contribution >= 0.6 is 19.7 Å². The van der Waals surface area contributed by atoms with Gasteiger partial charge in [-0.2, -0.15) is 11.8 Å². The van der Waals surface area contributed by atoms with Gasteiger partial charge >= 0.3 is 0 Å². The van der Waals surface area contributed by atoms with Crippen molar-refractivity contribution in [3.8, 4) is 11.5 Å². The van der Waals surface area contributed by atoms with Crippen molar-refractivity contribution in [2.45, 2.75) is 0 Å². The molecule has 0 aromatic heterocycles. The van der Waals surface area contributed by atoms with E-state index in [1.165, 1.54) is 10.6 Å². The van der Waals surface area contributed by atoms with Crippen LogP contribution in [0.1, 0.15) is 0 Å². The van der Waals surface area contributed by atoms with Gasteiger partial charge in [-0.05, 0) is 39.5 Å². The molecule has 2 aromatic carbocycles. The van der Waals surface area contributed by atoms with Crippen molar-refractivity contribution in [1.29, 1.82) is 0 Å². The molecule has 3 nitrogen and oxygen atoms in total. The lowest BCUT2D eigenvalue weighted by atomic mass is 10.3. The molecule has 0 heterocycles. The fourth-order valence-electron chi connectivity index (χ4n) is 2.71. The second kappa shape index (κ2) is 10.7. The van der Waals surface area contributed by atoms with Crippen LogP contribution in [0.5, 0.6) is 11.5 Å². The molecular weight excluding hydrogens is 349 g/mol. The van der Waals surface area contributed by atoms with Gasteiger partial charge in [0.05, 0.1) is 14.2 Å². The summed E-state index contributed by atoms with van der Waals surface area (Å²) in [7, 11) is 5.15. The number of nitrogens with zero attached hydrogens (tertiary/aromatic N) is 1. The second-order valence-electron chi connectivity index (χ2n) is 5.79. The average molecular weight is 377 g/mol. The molecule has 2 aromatic rings. The zero-order chi connectivity index (χ0) is 18.1. The Hall–Kier alpha value is -1.22. The smallest absolute Gasteiger partial charge is 0.126 e. The van der Waals surface area contributed by atoms with Crippen LogP contribution in [0.4, 0.5) is 0 Å². The molecule has 0 aliphatic carbocycles. The number of ether oxygens (including phenoxy) is 2. The van der Waals surface area contributed by atoms with Crippen molar-refractivity contribution in [3.63, 3.8) is 0 Å². The Balaban J connectivity index is 2.31. The van der Waals surface area contributed by atoms with Crippen molar-refractivity contribution < 1.29 is 9.47 Å². The lowest BCUT2D eigenvalue weighted by Gasteiger charge is -2.25. The molecular formula is C20H28NO2PS. The summed E-state index contributed by atoms with van der Waals surface area (Å²) >= 11 is 1.89. The standard InChI is InChI=1S/C20H28NO2PS/c1-21(14-16-25-4)13-15-24(19-11-7-5-9-17(19)22-2)20-12-8-6-10-18(20)23-3/h5-12H,13-16H2,1-4H3. The number of hydrogen-bond acceptors (Lipinski definition) is 4. The van der Waals surface area contributed by atoms with Crippen LogP contribution in [0.25, 0.3) is 0 Å². The summed E-state index contributed by atoms with van der Waals surface area (Å²) in [6.45, 7) is 2.17. The van der Waals surface area contributed by atoms with Crippen LogP contribution in [-0.4, -0.2) is 57.4 Å². The highest BCUT2D eigenvalue weighted by molar-refractivity contribution is 7.98. The molecule has 0 aliphatic rings. The van der Waals surface area contributed by atoms with Gasteiger partial charge < -0.3 is 14.4 Å². The topological polar surface area (TPSA) is 21.7 Å². The van der Waals surface area contributed by atoms with Crippen molar-refractivity contribution >= 4 is 30.3 Å². The lowest BCUT2D eigenvalue weighted by molar-refractivity contribution is 0.379. The summed E-state index contributed by atoms with van der Waals surface area (Å²) in [5, 5.41) is 2.56. The molecule has 2 rings (SSSR count). The maximum atomic E-state index is 5.65. The first-order valence-electron chi connectivity index (χ1n) is 8.42. The Morgan fingerprint density at radius 1 is 0.880 bits per heavy atom. The minimum absolute atomic E-state index is 0.550. The van der Waals surface area contributed by atoms with E-state index < -0.39 is 7.92 Å². The second-order valence-corrected chi connectivity index (χ2v) is 9.04. The van der Waals surface area contributed by atoms with Gasteiger partial charge in [-0.1, -0.05) is 36.4 Å². The Morgan fingerprint density at radius 3 is 1.88 bits per heavy atom. The largest absolute Gasteiger partial charge is 0.496 e. The Morgan fingerprint density at radius 2 is 1.40 bits per heavy atom. The molecule has 0 aliphatic heterocycles. The zero-order valence-corrected chi connectivity index (χ0v) is 17.3. The highest BCUT2D eigenvalue weighted by atomic mass is 32.2. The number of hydrogen-bond donors (Lipinski definition) is 0. The summed E-state index contributed by atoms with van der Waals surface area (Å²) in [4.78, 5) is 2.41. The van der Waals surface area contributed by atoms with Gasteiger partial charge in [-0.25, -0.2) is 0 Å². The molecule has 0 radical (unpaired) electrons. The van der Waals surface area contributed by atoms with Crippen LogP contribution < -0.4 is 20.1 Å². The number of methoxy groups -OCH3 is 2. The van der Waals surface area contributed by atoms with E-state index in [0.29, 0.717) is 0 Å². The van der Waals surface area contributed by atoms with Gasteiger partial charge in [0.15, 0.2) is 0 Å². The summed E-state index contributed by atoms with van der Waals surface area (Å²) < 4.78 is 11.3. The molecule has 0 unspecified atom stereocenters. The fourth-order valence-corrected chi connectivity index (χ4v) is 5.88. The number of thioether (sulfide) groups is 1. The highest BCUT2D eigenvalue weighted by Gasteiger charge is 2.21. The minimum atomic E-state index is -0.550. The van der Waals surface area contributed by atoms with E-state index in [4.69, 9.17) is 9.47 Å². The molecule has 0 fully saturated rings. The van der Waals surface area contributed by atoms with Crippen molar-refractivity contribution in [2.24, 2.45) is 0 Å². The van der Waals surface area contributed by atoms with Gasteiger partial charge in [0.2, 0.25) is 0 Å². The monoisotopic (exact) mass is 377 g/mol. The third-order valence-electron chi connectivity index (χ3n) is 4.13. The molecule has 0 N–H and O–H groups in total. The van der Waals surface area contributed by atoms with Crippen LogP contribution in [-0.2, 0) is 0 Å². The van der Waals surface area contributed by atoms with Gasteiger partial charge in [0.25, 0.3) is 0 Å². The normalized spacial score (nSPS) is 11.1. The predicted octanol–water partition coefficient (Wildman–Crippen LogP) is 3.43. The first-order chi connectivity index (χ1) is 12.2. The van der Waals surface area contributed by atoms with Crippen molar-refractivity contribution in [3.05, 3.63) is 48.5 Å². The minimum Gasteiger partial charge on any atom is -0.496 e. The predicted molar refractivity (Wildman–Crippen MR) is 113 cm³/mol. The molecule has 0 saturated carbocycles. The molecule has 0 atom stereocenters. The summed E-state index contributed by atoms with van der Waals surface area (Å²) in [5.41, 5.74) is 0. The van der Waals surface area contributed by atoms with Crippen LogP contribution in [0.15, 0.2) is 48.5 Å². The Kier molecular flexibility index (Phi) is 8.60. The number of rotatable bonds is 10. The SMILES string of the molecule is COc1ccccc1P(CCN(C)CCSC)c1ccccc1OC. The zero-order valence-electron chi connectivity index (χ0n) is 15.6. The number of para-hydroxylation sites is 2. The third-order valence-corrected chi connectivity index (χ3v) is 7.27. The molecule has 0 bridgehead atoms. The summed E-state index contributed by atoms with van der Waals surface area (Å²) in [6, 6.07) is 16.7. The lowest BCUT2D eigenvalue weighted by Crippen LogP contribution is -2.27. The van der Waals surface area contributed by atoms with Gasteiger partial charge in [-0.15, -0.1) is 0 Å². The first-order valence-corrected chi connectivity index (χ1v) is 11.3. The van der Waals surface area contributed by atoms with Gasteiger partial charge in [0, 0.05) is 29.5 Å². The van der Waals surface area contributed by atoms with Crippen LogP contribution in [0, 0.1) is 0 Å². The third kappa shape index (κ3) is 5.64.